The van der Waals surface area contributed by atoms with Crippen LogP contribution in [0.1, 0.15) is 46.0 Å². The summed E-state index contributed by atoms with van der Waals surface area (Å²) in [5.74, 6) is 0.813. The van der Waals surface area contributed by atoms with Gasteiger partial charge in [-0.3, -0.25) is 9.78 Å². The molecule has 0 bridgehead atoms. The van der Waals surface area contributed by atoms with Gasteiger partial charge in [0.15, 0.2) is 0 Å². The van der Waals surface area contributed by atoms with Gasteiger partial charge in [-0.15, -0.1) is 0 Å². The van der Waals surface area contributed by atoms with Crippen LogP contribution >= 0.6 is 0 Å². The third-order valence-electron chi connectivity index (χ3n) is 5.27. The highest BCUT2D eigenvalue weighted by atomic mass is 16.2. The molecule has 32 heavy (non-hydrogen) atoms. The standard InChI is InChI=1S/C24H21N7O/c1-15-10-19-11-18(5-7-21(19)30-22(15)26)24(32)31(16(2)23-27-8-3-9-28-23)14-20-6-4-17(12-25)13-29-20/h3-11,13,16H,14H2,1-2H3,(H2,26,30). The molecule has 8 nitrogen and oxygen atoms in total. The maximum atomic E-state index is 13.6. The Morgan fingerprint density at radius 1 is 1.16 bits per heavy atom. The Morgan fingerprint density at radius 3 is 2.62 bits per heavy atom. The number of rotatable bonds is 5. The molecule has 158 valence electrons. The Labute approximate surface area is 185 Å². The maximum absolute atomic E-state index is 13.6. The Hall–Kier alpha value is -4.38. The van der Waals surface area contributed by atoms with E-state index >= 15 is 0 Å². The average molecular weight is 423 g/mol. The normalized spacial score (nSPS) is 11.7. The smallest absolute Gasteiger partial charge is 0.254 e. The molecule has 0 saturated heterocycles. The maximum Gasteiger partial charge on any atom is 0.254 e. The highest BCUT2D eigenvalue weighted by Gasteiger charge is 2.25. The minimum atomic E-state index is -0.400. The molecule has 0 aliphatic rings. The number of anilines is 1. The number of pyridine rings is 2. The fourth-order valence-corrected chi connectivity index (χ4v) is 3.40. The van der Waals surface area contributed by atoms with Crippen LogP contribution in [0.25, 0.3) is 10.9 Å². The molecule has 0 fully saturated rings. The molecule has 0 spiro atoms. The van der Waals surface area contributed by atoms with E-state index in [1.807, 2.05) is 26.0 Å². The monoisotopic (exact) mass is 423 g/mol. The number of nitriles is 1. The lowest BCUT2D eigenvalue weighted by molar-refractivity contribution is 0.0663. The number of aromatic nitrogens is 4. The van der Waals surface area contributed by atoms with Gasteiger partial charge in [-0.05, 0) is 61.9 Å². The van der Waals surface area contributed by atoms with Crippen molar-refractivity contribution in [2.75, 3.05) is 5.73 Å². The van der Waals surface area contributed by atoms with Gasteiger partial charge in [-0.25, -0.2) is 15.0 Å². The summed E-state index contributed by atoms with van der Waals surface area (Å²) < 4.78 is 0. The minimum absolute atomic E-state index is 0.188. The van der Waals surface area contributed by atoms with Gasteiger partial charge in [-0.1, -0.05) is 0 Å². The van der Waals surface area contributed by atoms with Crippen molar-refractivity contribution in [2.45, 2.75) is 26.4 Å². The first kappa shape index (κ1) is 20.9. The fourth-order valence-electron chi connectivity index (χ4n) is 3.40. The number of carbonyl (C=O) groups excluding carboxylic acids is 1. The second kappa shape index (κ2) is 8.78. The number of nitrogens with two attached hydrogens (primary N) is 1. The van der Waals surface area contributed by atoms with Crippen molar-refractivity contribution in [3.63, 3.8) is 0 Å². The number of hydrogen-bond donors (Lipinski definition) is 1. The van der Waals surface area contributed by atoms with Crippen LogP contribution in [0.3, 0.4) is 0 Å². The summed E-state index contributed by atoms with van der Waals surface area (Å²) in [7, 11) is 0. The van der Waals surface area contributed by atoms with Crippen LogP contribution in [0, 0.1) is 18.3 Å². The number of nitrogen functional groups attached to an aromatic ring is 1. The zero-order valence-corrected chi connectivity index (χ0v) is 17.7. The summed E-state index contributed by atoms with van der Waals surface area (Å²) in [6.45, 7) is 4.00. The summed E-state index contributed by atoms with van der Waals surface area (Å²) in [6.07, 6.45) is 4.79. The highest BCUT2D eigenvalue weighted by molar-refractivity contribution is 5.98. The largest absolute Gasteiger partial charge is 0.383 e. The predicted octanol–water partition coefficient (Wildman–Crippen LogP) is 3.59. The molecule has 8 heteroatoms. The van der Waals surface area contributed by atoms with E-state index in [-0.39, 0.29) is 12.5 Å². The van der Waals surface area contributed by atoms with E-state index < -0.39 is 6.04 Å². The summed E-state index contributed by atoms with van der Waals surface area (Å²) >= 11 is 0. The van der Waals surface area contributed by atoms with Gasteiger partial charge in [0.1, 0.15) is 17.7 Å². The lowest BCUT2D eigenvalue weighted by atomic mass is 10.1. The summed E-state index contributed by atoms with van der Waals surface area (Å²) in [6, 6.07) is 14.1. The van der Waals surface area contributed by atoms with E-state index in [1.54, 1.807) is 47.6 Å². The first-order chi connectivity index (χ1) is 15.5. The molecule has 0 aliphatic heterocycles. The molecular weight excluding hydrogens is 402 g/mol. The summed E-state index contributed by atoms with van der Waals surface area (Å²) in [5, 5.41) is 9.86. The van der Waals surface area contributed by atoms with Crippen LogP contribution in [0.2, 0.25) is 0 Å². The van der Waals surface area contributed by atoms with E-state index in [0.717, 1.165) is 16.5 Å². The van der Waals surface area contributed by atoms with Gasteiger partial charge in [-0.2, -0.15) is 5.26 Å². The highest BCUT2D eigenvalue weighted by Crippen LogP contribution is 2.24. The molecule has 0 saturated carbocycles. The van der Waals surface area contributed by atoms with Crippen LogP contribution in [-0.4, -0.2) is 30.7 Å². The zero-order chi connectivity index (χ0) is 22.7. The van der Waals surface area contributed by atoms with Crippen molar-refractivity contribution < 1.29 is 4.79 Å². The molecule has 1 unspecified atom stereocenters. The lowest BCUT2D eigenvalue weighted by Gasteiger charge is -2.28. The fraction of sp³-hybridized carbons (Fsp3) is 0.167. The summed E-state index contributed by atoms with van der Waals surface area (Å²) in [4.78, 5) is 32.7. The Balaban J connectivity index is 1.72. The van der Waals surface area contributed by atoms with Crippen LogP contribution in [0.5, 0.6) is 0 Å². The molecule has 4 aromatic rings. The van der Waals surface area contributed by atoms with Crippen molar-refractivity contribution in [1.29, 1.82) is 5.26 Å². The lowest BCUT2D eigenvalue weighted by Crippen LogP contribution is -2.34. The van der Waals surface area contributed by atoms with Gasteiger partial charge >= 0.3 is 0 Å². The molecular formula is C24H21N7O. The first-order valence-electron chi connectivity index (χ1n) is 10.1. The third-order valence-corrected chi connectivity index (χ3v) is 5.27. The van der Waals surface area contributed by atoms with Crippen LogP contribution < -0.4 is 5.73 Å². The van der Waals surface area contributed by atoms with E-state index in [9.17, 15) is 4.79 Å². The predicted molar refractivity (Wildman–Crippen MR) is 120 cm³/mol. The Bertz CT molecular complexity index is 1310. The molecule has 1 aromatic carbocycles. The van der Waals surface area contributed by atoms with Crippen molar-refractivity contribution in [3.05, 3.63) is 89.3 Å². The number of hydrogen-bond acceptors (Lipinski definition) is 7. The molecule has 3 heterocycles. The Kier molecular flexibility index (Phi) is 5.73. The quantitative estimate of drug-likeness (QED) is 0.520. The SMILES string of the molecule is Cc1cc2cc(C(=O)N(Cc3ccc(C#N)cn3)C(C)c3ncccn3)ccc2nc1N. The van der Waals surface area contributed by atoms with Gasteiger partial charge in [0.05, 0.1) is 29.4 Å². The second-order valence-electron chi connectivity index (χ2n) is 7.46. The number of aryl methyl sites for hydroxylation is 1. The second-order valence-corrected chi connectivity index (χ2v) is 7.46. The minimum Gasteiger partial charge on any atom is -0.383 e. The molecule has 1 atom stereocenters. The summed E-state index contributed by atoms with van der Waals surface area (Å²) in [5.41, 5.74) is 9.13. The Morgan fingerprint density at radius 2 is 1.94 bits per heavy atom. The van der Waals surface area contributed by atoms with Crippen molar-refractivity contribution >= 4 is 22.6 Å². The number of fused-ring (bicyclic) bond motifs is 1. The molecule has 3 aromatic heterocycles. The number of amides is 1. The third kappa shape index (κ3) is 4.23. The van der Waals surface area contributed by atoms with Crippen molar-refractivity contribution in [2.24, 2.45) is 0 Å². The molecule has 0 radical (unpaired) electrons. The van der Waals surface area contributed by atoms with Gasteiger partial charge < -0.3 is 10.6 Å². The van der Waals surface area contributed by atoms with E-state index in [1.165, 1.54) is 6.20 Å². The van der Waals surface area contributed by atoms with Crippen LogP contribution in [0.15, 0.2) is 61.1 Å². The number of benzene rings is 1. The van der Waals surface area contributed by atoms with Gasteiger partial charge in [0, 0.05) is 29.5 Å². The van der Waals surface area contributed by atoms with Gasteiger partial charge in [0.2, 0.25) is 0 Å². The topological polar surface area (TPSA) is 122 Å². The van der Waals surface area contributed by atoms with E-state index in [0.29, 0.717) is 28.5 Å². The van der Waals surface area contributed by atoms with Gasteiger partial charge in [0.25, 0.3) is 5.91 Å². The van der Waals surface area contributed by atoms with E-state index in [2.05, 4.69) is 26.0 Å². The molecule has 2 N–H and O–H groups in total. The van der Waals surface area contributed by atoms with Crippen LogP contribution in [0.4, 0.5) is 5.82 Å². The number of nitrogens with zero attached hydrogens (tertiary/aromatic N) is 6. The van der Waals surface area contributed by atoms with E-state index in [4.69, 9.17) is 11.0 Å². The van der Waals surface area contributed by atoms with Crippen molar-refractivity contribution in [3.8, 4) is 6.07 Å². The average Bonchev–Trinajstić information content (AvgIpc) is 2.83. The number of carbonyl (C=O) groups is 1. The van der Waals surface area contributed by atoms with Crippen molar-refractivity contribution in [1.82, 2.24) is 24.8 Å². The molecule has 1 amide bonds. The van der Waals surface area contributed by atoms with Crippen LogP contribution in [-0.2, 0) is 6.54 Å². The zero-order valence-electron chi connectivity index (χ0n) is 17.7. The first-order valence-corrected chi connectivity index (χ1v) is 10.1. The molecule has 0 aliphatic carbocycles. The molecule has 4 rings (SSSR count).